The molecule has 0 aliphatic heterocycles. The van der Waals surface area contributed by atoms with Gasteiger partial charge >= 0.3 is 0 Å². The largest absolute Gasteiger partial charge is 0.286 e. The molecule has 0 aliphatic rings. The first-order chi connectivity index (χ1) is 8.27. The van der Waals surface area contributed by atoms with Crippen LogP contribution < -0.4 is 0 Å². The molecule has 0 aromatic rings. The monoisotopic (exact) mass is 302 g/mol. The fourth-order valence-corrected chi connectivity index (χ4v) is 2.95. The van der Waals surface area contributed by atoms with E-state index >= 15 is 0 Å². The van der Waals surface area contributed by atoms with Crippen molar-refractivity contribution in [2.45, 2.75) is 45.4 Å². The minimum atomic E-state index is -3.91. The topological polar surface area (TPSA) is 97.7 Å². The van der Waals surface area contributed by atoms with E-state index in [0.717, 1.165) is 12.8 Å². The zero-order valence-corrected chi connectivity index (χ0v) is 12.3. The van der Waals surface area contributed by atoms with Crippen LogP contribution in [0.25, 0.3) is 0 Å². The highest BCUT2D eigenvalue weighted by atomic mass is 32.2. The van der Waals surface area contributed by atoms with Crippen LogP contribution in [0.1, 0.15) is 45.4 Å². The predicted molar refractivity (Wildman–Crippen MR) is 69.5 cm³/mol. The molecule has 0 aromatic carbocycles. The fourth-order valence-electron chi connectivity index (χ4n) is 1.34. The Hall–Kier alpha value is -0.180. The van der Waals surface area contributed by atoms with E-state index in [-0.39, 0.29) is 18.1 Å². The Morgan fingerprint density at radius 1 is 0.889 bits per heavy atom. The molecular formula is C10H22O6S2. The molecule has 0 fully saturated rings. The van der Waals surface area contributed by atoms with Gasteiger partial charge in [0.15, 0.2) is 0 Å². The minimum Gasteiger partial charge on any atom is -0.286 e. The maximum atomic E-state index is 11.3. The van der Waals surface area contributed by atoms with Gasteiger partial charge in [0.25, 0.3) is 20.2 Å². The normalized spacial score (nSPS) is 12.8. The summed E-state index contributed by atoms with van der Waals surface area (Å²) in [4.78, 5) is 0. The highest BCUT2D eigenvalue weighted by molar-refractivity contribution is 7.86. The average Bonchev–Trinajstić information content (AvgIpc) is 2.22. The lowest BCUT2D eigenvalue weighted by atomic mass is 10.3. The van der Waals surface area contributed by atoms with E-state index in [0.29, 0.717) is 25.7 Å². The molecule has 18 heavy (non-hydrogen) atoms. The molecule has 0 bridgehead atoms. The third-order valence-electron chi connectivity index (χ3n) is 2.31. The Kier molecular flexibility index (Phi) is 8.75. The van der Waals surface area contributed by atoms with Crippen molar-refractivity contribution in [2.24, 2.45) is 0 Å². The summed E-state index contributed by atoms with van der Waals surface area (Å²) >= 11 is 0. The fraction of sp³-hybridized carbons (Fsp3) is 1.00. The van der Waals surface area contributed by atoms with Crippen molar-refractivity contribution in [1.29, 1.82) is 0 Å². The van der Waals surface area contributed by atoms with Crippen LogP contribution >= 0.6 is 0 Å². The Balaban J connectivity index is 3.59. The van der Waals surface area contributed by atoms with Crippen molar-refractivity contribution < 1.29 is 25.6 Å². The lowest BCUT2D eigenvalue weighted by Crippen LogP contribution is -2.12. The van der Waals surface area contributed by atoms with Crippen molar-refractivity contribution in [2.75, 3.05) is 18.1 Å². The van der Waals surface area contributed by atoms with Crippen molar-refractivity contribution in [3.8, 4) is 0 Å². The molecule has 0 atom stereocenters. The van der Waals surface area contributed by atoms with E-state index in [9.17, 15) is 16.8 Å². The van der Waals surface area contributed by atoms with Gasteiger partial charge < -0.3 is 0 Å². The molecule has 0 saturated heterocycles. The molecule has 0 amide bonds. The van der Waals surface area contributed by atoms with Crippen LogP contribution in [-0.4, -0.2) is 39.5 Å². The van der Waals surface area contributed by atoms with E-state index in [2.05, 4.69) is 0 Å². The van der Waals surface area contributed by atoms with Gasteiger partial charge in [-0.15, -0.1) is 0 Å². The molecule has 0 unspecified atom stereocenters. The molecule has 6 nitrogen and oxygen atoms in total. The second-order valence-corrected chi connectivity index (χ2v) is 7.47. The highest BCUT2D eigenvalue weighted by Crippen LogP contribution is 2.04. The van der Waals surface area contributed by atoms with Gasteiger partial charge in [-0.05, 0) is 19.3 Å². The molecule has 0 aliphatic carbocycles. The van der Waals surface area contributed by atoms with Crippen molar-refractivity contribution in [3.63, 3.8) is 0 Å². The summed E-state index contributed by atoms with van der Waals surface area (Å²) in [5.74, 6) is -0.262. The minimum absolute atomic E-state index is 0.0336. The molecule has 8 heteroatoms. The van der Waals surface area contributed by atoms with Crippen LogP contribution in [0.15, 0.2) is 0 Å². The quantitative estimate of drug-likeness (QED) is 0.353. The van der Waals surface area contributed by atoms with Gasteiger partial charge in [-0.3, -0.25) is 8.74 Å². The van der Waals surface area contributed by atoms with Gasteiger partial charge in [0.05, 0.1) is 18.1 Å². The Labute approximate surface area is 110 Å². The van der Waals surface area contributed by atoms with E-state index in [1.165, 1.54) is 0 Å². The van der Waals surface area contributed by atoms with Gasteiger partial charge in [-0.2, -0.15) is 16.8 Å². The van der Waals surface area contributed by atoms with E-state index in [4.69, 9.17) is 8.74 Å². The number of unbranched alkanes of at least 4 members (excludes halogenated alkanes) is 4. The lowest BCUT2D eigenvalue weighted by Gasteiger charge is -2.05. The number of rotatable bonds is 11. The van der Waals surface area contributed by atoms with Gasteiger partial charge in [0.2, 0.25) is 0 Å². The molecule has 110 valence electrons. The first-order valence-electron chi connectivity index (χ1n) is 6.09. The smallest absolute Gasteiger partial charge is 0.267 e. The summed E-state index contributed by atoms with van der Waals surface area (Å²) in [5.41, 5.74) is 0. The van der Waals surface area contributed by atoms with E-state index < -0.39 is 20.2 Å². The van der Waals surface area contributed by atoms with Crippen LogP contribution in [0.3, 0.4) is 0 Å². The standard InChI is InChI=1S/C10H22O6S2/c1-2-3-6-10-18(14,15)16-8-5-4-7-9-17(11,12)13/h2-10H2,1H3,(H,11,12,13). The lowest BCUT2D eigenvalue weighted by molar-refractivity contribution is 0.307. The third kappa shape index (κ3) is 12.3. The van der Waals surface area contributed by atoms with Gasteiger partial charge in [-0.25, -0.2) is 0 Å². The molecule has 0 spiro atoms. The molecular weight excluding hydrogens is 280 g/mol. The summed E-state index contributed by atoms with van der Waals surface area (Å²) < 4.78 is 56.7. The summed E-state index contributed by atoms with van der Waals surface area (Å²) in [6, 6.07) is 0. The van der Waals surface area contributed by atoms with Crippen LogP contribution in [0.5, 0.6) is 0 Å². The highest BCUT2D eigenvalue weighted by Gasteiger charge is 2.10. The van der Waals surface area contributed by atoms with E-state index in [1.54, 1.807) is 0 Å². The molecule has 0 aromatic heterocycles. The van der Waals surface area contributed by atoms with Crippen LogP contribution in [-0.2, 0) is 24.4 Å². The third-order valence-corrected chi connectivity index (χ3v) is 4.43. The maximum absolute atomic E-state index is 11.3. The van der Waals surface area contributed by atoms with Gasteiger partial charge in [0, 0.05) is 0 Å². The van der Waals surface area contributed by atoms with Gasteiger partial charge in [0.1, 0.15) is 0 Å². The summed E-state index contributed by atoms with van der Waals surface area (Å²) in [5, 5.41) is 0. The number of hydrogen-bond acceptors (Lipinski definition) is 5. The summed E-state index contributed by atoms with van der Waals surface area (Å²) in [6.07, 6.45) is 3.68. The Morgan fingerprint density at radius 3 is 2.06 bits per heavy atom. The second-order valence-electron chi connectivity index (χ2n) is 4.14. The molecule has 0 saturated carbocycles. The Bertz CT molecular complexity index is 398. The first kappa shape index (κ1) is 17.8. The van der Waals surface area contributed by atoms with Gasteiger partial charge in [-0.1, -0.05) is 26.2 Å². The van der Waals surface area contributed by atoms with Crippen LogP contribution in [0, 0.1) is 0 Å². The van der Waals surface area contributed by atoms with E-state index in [1.807, 2.05) is 6.92 Å². The van der Waals surface area contributed by atoms with Crippen LogP contribution in [0.2, 0.25) is 0 Å². The van der Waals surface area contributed by atoms with Crippen LogP contribution in [0.4, 0.5) is 0 Å². The average molecular weight is 302 g/mol. The zero-order chi connectivity index (χ0) is 14.1. The zero-order valence-electron chi connectivity index (χ0n) is 10.7. The molecule has 0 rings (SSSR count). The summed E-state index contributed by atoms with van der Waals surface area (Å²) in [7, 11) is -7.35. The SMILES string of the molecule is CCCCCS(=O)(=O)OCCCCCS(=O)(=O)O. The van der Waals surface area contributed by atoms with Crippen molar-refractivity contribution in [1.82, 2.24) is 0 Å². The van der Waals surface area contributed by atoms with Crippen molar-refractivity contribution in [3.05, 3.63) is 0 Å². The first-order valence-corrected chi connectivity index (χ1v) is 9.28. The van der Waals surface area contributed by atoms with Crippen molar-refractivity contribution >= 4 is 20.2 Å². The molecule has 0 heterocycles. The molecule has 1 N–H and O–H groups in total. The molecule has 0 radical (unpaired) electrons. The number of hydrogen-bond donors (Lipinski definition) is 1. The maximum Gasteiger partial charge on any atom is 0.267 e. The Morgan fingerprint density at radius 2 is 1.50 bits per heavy atom. The summed E-state index contributed by atoms with van der Waals surface area (Å²) in [6.45, 7) is 2.06. The second kappa shape index (κ2) is 8.84. The predicted octanol–water partition coefficient (Wildman–Crippen LogP) is 1.58.